The van der Waals surface area contributed by atoms with Gasteiger partial charge in [-0.1, -0.05) is 66.7 Å². The Bertz CT molecular complexity index is 1070. The average molecular weight is 415 g/mol. The zero-order valence-corrected chi connectivity index (χ0v) is 17.7. The van der Waals surface area contributed by atoms with E-state index in [1.54, 1.807) is 12.1 Å². The molecule has 0 spiro atoms. The first-order chi connectivity index (χ1) is 14.9. The van der Waals surface area contributed by atoms with E-state index in [1.165, 1.54) is 0 Å². The fourth-order valence-corrected chi connectivity index (χ4v) is 3.11. The Labute approximate surface area is 182 Å². The van der Waals surface area contributed by atoms with E-state index >= 15 is 0 Å². The molecule has 0 aliphatic heterocycles. The second-order valence-electron chi connectivity index (χ2n) is 7.39. The molecule has 0 saturated heterocycles. The molecule has 0 unspecified atom stereocenters. The molecule has 3 aromatic carbocycles. The highest BCUT2D eigenvalue weighted by Crippen LogP contribution is 2.20. The van der Waals surface area contributed by atoms with Crippen molar-refractivity contribution in [3.63, 3.8) is 0 Å². The van der Waals surface area contributed by atoms with Crippen molar-refractivity contribution in [2.75, 3.05) is 11.9 Å². The summed E-state index contributed by atoms with van der Waals surface area (Å²) in [5, 5.41) is 2.73. The van der Waals surface area contributed by atoms with E-state index in [2.05, 4.69) is 5.32 Å². The minimum Gasteiger partial charge on any atom is -0.456 e. The van der Waals surface area contributed by atoms with Gasteiger partial charge in [-0.15, -0.1) is 0 Å². The number of ether oxygens (including phenoxy) is 1. The number of amides is 1. The molecule has 0 fully saturated rings. The van der Waals surface area contributed by atoms with Crippen molar-refractivity contribution in [3.8, 4) is 11.1 Å². The number of hydrogen-bond acceptors (Lipinski definition) is 4. The van der Waals surface area contributed by atoms with Crippen molar-refractivity contribution in [2.45, 2.75) is 26.7 Å². The lowest BCUT2D eigenvalue weighted by Crippen LogP contribution is -2.21. The first-order valence-corrected chi connectivity index (χ1v) is 10.1. The summed E-state index contributed by atoms with van der Waals surface area (Å²) in [6, 6.07) is 22.9. The minimum atomic E-state index is -0.578. The summed E-state index contributed by atoms with van der Waals surface area (Å²) in [4.78, 5) is 36.3. The maximum atomic E-state index is 12.4. The monoisotopic (exact) mass is 415 g/mol. The molecule has 0 bridgehead atoms. The lowest BCUT2D eigenvalue weighted by molar-refractivity contribution is -0.147. The molecule has 1 N–H and O–H groups in total. The molecule has 3 aromatic rings. The Morgan fingerprint density at radius 2 is 1.48 bits per heavy atom. The number of benzene rings is 3. The number of rotatable bonds is 8. The van der Waals surface area contributed by atoms with E-state index in [0.29, 0.717) is 11.3 Å². The topological polar surface area (TPSA) is 72.5 Å². The van der Waals surface area contributed by atoms with Gasteiger partial charge in [-0.3, -0.25) is 14.4 Å². The van der Waals surface area contributed by atoms with E-state index in [4.69, 9.17) is 4.74 Å². The Morgan fingerprint density at radius 1 is 0.806 bits per heavy atom. The van der Waals surface area contributed by atoms with Gasteiger partial charge in [0.05, 0.1) is 6.42 Å². The molecular formula is C26H25NO4. The third-order valence-electron chi connectivity index (χ3n) is 4.90. The highest BCUT2D eigenvalue weighted by atomic mass is 16.5. The normalized spacial score (nSPS) is 10.4. The Balaban J connectivity index is 1.44. The van der Waals surface area contributed by atoms with Crippen LogP contribution in [0.2, 0.25) is 0 Å². The molecule has 0 atom stereocenters. The number of carbonyl (C=O) groups excluding carboxylic acids is 3. The van der Waals surface area contributed by atoms with Crippen LogP contribution < -0.4 is 5.32 Å². The van der Waals surface area contributed by atoms with Gasteiger partial charge < -0.3 is 10.1 Å². The molecule has 31 heavy (non-hydrogen) atoms. The van der Waals surface area contributed by atoms with Crippen molar-refractivity contribution in [1.29, 1.82) is 0 Å². The second-order valence-corrected chi connectivity index (χ2v) is 7.39. The molecule has 0 radical (unpaired) electrons. The van der Waals surface area contributed by atoms with E-state index in [0.717, 1.165) is 22.3 Å². The average Bonchev–Trinajstić information content (AvgIpc) is 2.79. The van der Waals surface area contributed by atoms with Gasteiger partial charge in [0.15, 0.2) is 12.4 Å². The van der Waals surface area contributed by atoms with Crippen LogP contribution in [0.4, 0.5) is 5.69 Å². The molecule has 1 amide bonds. The summed E-state index contributed by atoms with van der Waals surface area (Å²) in [5.74, 6) is -1.13. The minimum absolute atomic E-state index is 0.0299. The Kier molecular flexibility index (Phi) is 7.33. The summed E-state index contributed by atoms with van der Waals surface area (Å²) in [7, 11) is 0. The molecule has 5 heteroatoms. The number of anilines is 1. The third-order valence-corrected chi connectivity index (χ3v) is 4.90. The number of aryl methyl sites for hydroxylation is 2. The van der Waals surface area contributed by atoms with Crippen molar-refractivity contribution < 1.29 is 19.1 Å². The molecule has 0 aliphatic rings. The Hall–Kier alpha value is -3.73. The molecule has 158 valence electrons. The Morgan fingerprint density at radius 3 is 2.19 bits per heavy atom. The van der Waals surface area contributed by atoms with Crippen LogP contribution in [0.25, 0.3) is 11.1 Å². The van der Waals surface area contributed by atoms with Gasteiger partial charge >= 0.3 is 5.97 Å². The van der Waals surface area contributed by atoms with Crippen LogP contribution in [0.3, 0.4) is 0 Å². The lowest BCUT2D eigenvalue weighted by Gasteiger charge is -2.10. The van der Waals surface area contributed by atoms with Crippen LogP contribution in [0, 0.1) is 13.8 Å². The highest BCUT2D eigenvalue weighted by molar-refractivity contribution is 5.98. The van der Waals surface area contributed by atoms with E-state index in [1.807, 2.05) is 74.5 Å². The summed E-state index contributed by atoms with van der Waals surface area (Å²) < 4.78 is 5.01. The second kappa shape index (κ2) is 10.3. The van der Waals surface area contributed by atoms with Crippen LogP contribution in [0.1, 0.15) is 34.3 Å². The van der Waals surface area contributed by atoms with Gasteiger partial charge in [0.25, 0.3) is 5.91 Å². The number of esters is 1. The molecule has 0 saturated carbocycles. The van der Waals surface area contributed by atoms with Crippen molar-refractivity contribution >= 4 is 23.3 Å². The molecule has 0 aliphatic carbocycles. The maximum absolute atomic E-state index is 12.4. The molecule has 0 heterocycles. The third kappa shape index (κ3) is 6.37. The first-order valence-electron chi connectivity index (χ1n) is 10.1. The summed E-state index contributed by atoms with van der Waals surface area (Å²) >= 11 is 0. The summed E-state index contributed by atoms with van der Waals surface area (Å²) in [6.45, 7) is 3.44. The van der Waals surface area contributed by atoms with Gasteiger partial charge in [0.1, 0.15) is 0 Å². The molecule has 3 rings (SSSR count). The van der Waals surface area contributed by atoms with Gasteiger partial charge in [-0.05, 0) is 42.2 Å². The van der Waals surface area contributed by atoms with E-state index < -0.39 is 11.9 Å². The van der Waals surface area contributed by atoms with Crippen LogP contribution in [-0.4, -0.2) is 24.3 Å². The van der Waals surface area contributed by atoms with E-state index in [-0.39, 0.29) is 25.2 Å². The van der Waals surface area contributed by atoms with Gasteiger partial charge in [0, 0.05) is 17.7 Å². The van der Waals surface area contributed by atoms with Crippen molar-refractivity contribution in [1.82, 2.24) is 0 Å². The van der Waals surface area contributed by atoms with Gasteiger partial charge in [-0.2, -0.15) is 0 Å². The van der Waals surface area contributed by atoms with Crippen molar-refractivity contribution in [3.05, 3.63) is 89.5 Å². The lowest BCUT2D eigenvalue weighted by atomic mass is 10.0. The smallest absolute Gasteiger partial charge is 0.306 e. The zero-order chi connectivity index (χ0) is 22.2. The fraction of sp³-hybridized carbons (Fsp3) is 0.192. The number of Topliss-reactive ketones (excluding diaryl/α,β-unsaturated/α-hetero) is 1. The van der Waals surface area contributed by atoms with Gasteiger partial charge in [-0.25, -0.2) is 0 Å². The molecular weight excluding hydrogens is 390 g/mol. The predicted octanol–water partition coefficient (Wildman–Crippen LogP) is 5.12. The van der Waals surface area contributed by atoms with Crippen molar-refractivity contribution in [2.24, 2.45) is 0 Å². The number of nitrogens with one attached hydrogen (secondary N) is 1. The fourth-order valence-electron chi connectivity index (χ4n) is 3.11. The number of hydrogen-bond donors (Lipinski definition) is 1. The largest absolute Gasteiger partial charge is 0.456 e. The van der Waals surface area contributed by atoms with Crippen LogP contribution in [0.15, 0.2) is 72.8 Å². The zero-order valence-electron chi connectivity index (χ0n) is 17.7. The summed E-state index contributed by atoms with van der Waals surface area (Å²) in [5.41, 5.74) is 5.27. The molecule has 5 nitrogen and oxygen atoms in total. The van der Waals surface area contributed by atoms with Crippen LogP contribution in [0.5, 0.6) is 0 Å². The summed E-state index contributed by atoms with van der Waals surface area (Å²) in [6.07, 6.45) is -0.0435. The van der Waals surface area contributed by atoms with Crippen LogP contribution in [-0.2, 0) is 14.3 Å². The first kappa shape index (κ1) is 22.0. The maximum Gasteiger partial charge on any atom is 0.306 e. The molecule has 0 aromatic heterocycles. The predicted molar refractivity (Wildman–Crippen MR) is 121 cm³/mol. The van der Waals surface area contributed by atoms with Gasteiger partial charge in [0.2, 0.25) is 0 Å². The highest BCUT2D eigenvalue weighted by Gasteiger charge is 2.13. The van der Waals surface area contributed by atoms with E-state index in [9.17, 15) is 14.4 Å². The number of ketones is 1. The number of carbonyl (C=O) groups is 3. The standard InChI is InChI=1S/C26H25NO4/c1-18-8-9-19(2)23(16-18)27-25(29)17-31-26(30)15-14-24(28)22-12-10-21(11-13-22)20-6-4-3-5-7-20/h3-13,16H,14-15,17H2,1-2H3,(H,27,29). The van der Waals surface area contributed by atoms with Crippen LogP contribution >= 0.6 is 0 Å². The quantitative estimate of drug-likeness (QED) is 0.410. The SMILES string of the molecule is Cc1ccc(C)c(NC(=O)COC(=O)CCC(=O)c2ccc(-c3ccccc3)cc2)c1.